The topological polar surface area (TPSA) is 69.9 Å². The van der Waals surface area contributed by atoms with Crippen LogP contribution in [-0.4, -0.2) is 22.4 Å². The molecule has 3 N–H and O–H groups in total. The van der Waals surface area contributed by atoms with Crippen molar-refractivity contribution < 1.29 is 20.1 Å². The molecule has 0 spiro atoms. The Kier molecular flexibility index (Phi) is 3.80. The van der Waals surface area contributed by atoms with Gasteiger partial charge in [0.15, 0.2) is 0 Å². The molecule has 0 aliphatic heterocycles. The van der Waals surface area contributed by atoms with Gasteiger partial charge in [0.25, 0.3) is 0 Å². The van der Waals surface area contributed by atoms with Crippen LogP contribution in [0, 0.1) is 0 Å². The molecule has 0 radical (unpaired) electrons. The van der Waals surface area contributed by atoms with Crippen molar-refractivity contribution in [2.75, 3.05) is 7.11 Å². The van der Waals surface area contributed by atoms with Crippen LogP contribution in [0.4, 0.5) is 0 Å². The van der Waals surface area contributed by atoms with Gasteiger partial charge in [-0.2, -0.15) is 0 Å². The van der Waals surface area contributed by atoms with E-state index in [1.807, 2.05) is 6.07 Å². The largest absolute Gasteiger partial charge is 0.508 e. The van der Waals surface area contributed by atoms with Crippen LogP contribution in [0.3, 0.4) is 0 Å². The van der Waals surface area contributed by atoms with Gasteiger partial charge >= 0.3 is 0 Å². The SMILES string of the molecule is COc1cc(O)cc(CCc2cc(O)cc(O)c2)c1. The zero-order valence-corrected chi connectivity index (χ0v) is 10.6. The Morgan fingerprint density at radius 1 is 0.737 bits per heavy atom. The van der Waals surface area contributed by atoms with Crippen LogP contribution in [0.15, 0.2) is 36.4 Å². The van der Waals surface area contributed by atoms with Crippen molar-refractivity contribution in [1.82, 2.24) is 0 Å². The van der Waals surface area contributed by atoms with Gasteiger partial charge in [-0.1, -0.05) is 0 Å². The molecule has 2 rings (SSSR count). The van der Waals surface area contributed by atoms with Crippen molar-refractivity contribution in [3.8, 4) is 23.0 Å². The number of aromatic hydroxyl groups is 3. The lowest BCUT2D eigenvalue weighted by molar-refractivity contribution is 0.407. The second kappa shape index (κ2) is 5.52. The molecule has 0 aliphatic rings. The number of aryl methyl sites for hydroxylation is 2. The van der Waals surface area contributed by atoms with Gasteiger partial charge in [0.1, 0.15) is 23.0 Å². The lowest BCUT2D eigenvalue weighted by atomic mass is 10.0. The number of phenols is 3. The van der Waals surface area contributed by atoms with E-state index in [1.54, 1.807) is 31.4 Å². The van der Waals surface area contributed by atoms with E-state index in [-0.39, 0.29) is 17.2 Å². The van der Waals surface area contributed by atoms with Gasteiger partial charge in [-0.3, -0.25) is 0 Å². The van der Waals surface area contributed by atoms with E-state index >= 15 is 0 Å². The average Bonchev–Trinajstić information content (AvgIpc) is 2.34. The number of ether oxygens (including phenoxy) is 1. The molecule has 19 heavy (non-hydrogen) atoms. The number of rotatable bonds is 4. The molecule has 2 aromatic carbocycles. The monoisotopic (exact) mass is 260 g/mol. The number of hydrogen-bond donors (Lipinski definition) is 3. The van der Waals surface area contributed by atoms with Gasteiger partial charge in [0, 0.05) is 12.1 Å². The van der Waals surface area contributed by atoms with Crippen LogP contribution in [0.5, 0.6) is 23.0 Å². The molecule has 2 aromatic rings. The van der Waals surface area contributed by atoms with Gasteiger partial charge in [-0.15, -0.1) is 0 Å². The fourth-order valence-electron chi connectivity index (χ4n) is 2.00. The van der Waals surface area contributed by atoms with Crippen LogP contribution < -0.4 is 4.74 Å². The molecule has 0 bridgehead atoms. The standard InChI is InChI=1S/C15H16O4/c1-19-15-7-11(6-14(18)9-15)3-2-10-4-12(16)8-13(17)5-10/h4-9,16-18H,2-3H2,1H3. The molecule has 0 aromatic heterocycles. The van der Waals surface area contributed by atoms with Gasteiger partial charge in [0.2, 0.25) is 0 Å². The molecule has 100 valence electrons. The van der Waals surface area contributed by atoms with Crippen molar-refractivity contribution in [2.45, 2.75) is 12.8 Å². The van der Waals surface area contributed by atoms with Crippen molar-refractivity contribution >= 4 is 0 Å². The molecule has 0 fully saturated rings. The zero-order chi connectivity index (χ0) is 13.8. The summed E-state index contributed by atoms with van der Waals surface area (Å²) in [5.41, 5.74) is 1.76. The summed E-state index contributed by atoms with van der Waals surface area (Å²) in [6, 6.07) is 9.58. The van der Waals surface area contributed by atoms with Gasteiger partial charge < -0.3 is 20.1 Å². The Balaban J connectivity index is 2.11. The minimum atomic E-state index is 0.0449. The predicted octanol–water partition coefficient (Wildman–Crippen LogP) is 2.60. The van der Waals surface area contributed by atoms with Crippen LogP contribution in [0.2, 0.25) is 0 Å². The number of benzene rings is 2. The van der Waals surface area contributed by atoms with Crippen molar-refractivity contribution in [1.29, 1.82) is 0 Å². The summed E-state index contributed by atoms with van der Waals surface area (Å²) in [5.74, 6) is 0.855. The van der Waals surface area contributed by atoms with Crippen LogP contribution in [0.25, 0.3) is 0 Å². The third kappa shape index (κ3) is 3.55. The summed E-state index contributed by atoms with van der Waals surface area (Å²) in [5, 5.41) is 28.3. The molecular formula is C15H16O4. The van der Waals surface area contributed by atoms with E-state index in [1.165, 1.54) is 6.07 Å². The minimum absolute atomic E-state index is 0.0449. The average molecular weight is 260 g/mol. The van der Waals surface area contributed by atoms with E-state index in [4.69, 9.17) is 4.74 Å². The molecular weight excluding hydrogens is 244 g/mol. The number of methoxy groups -OCH3 is 1. The van der Waals surface area contributed by atoms with E-state index in [2.05, 4.69) is 0 Å². The predicted molar refractivity (Wildman–Crippen MR) is 71.8 cm³/mol. The summed E-state index contributed by atoms with van der Waals surface area (Å²) < 4.78 is 5.09. The van der Waals surface area contributed by atoms with E-state index in [9.17, 15) is 15.3 Å². The Morgan fingerprint density at radius 2 is 1.21 bits per heavy atom. The lowest BCUT2D eigenvalue weighted by Crippen LogP contribution is -1.93. The molecule has 0 saturated heterocycles. The molecule has 0 saturated carbocycles. The first-order valence-corrected chi connectivity index (χ1v) is 5.95. The third-order valence-electron chi connectivity index (χ3n) is 2.85. The van der Waals surface area contributed by atoms with E-state index < -0.39 is 0 Å². The van der Waals surface area contributed by atoms with Gasteiger partial charge in [-0.05, 0) is 48.2 Å². The maximum atomic E-state index is 9.55. The first-order valence-electron chi connectivity index (χ1n) is 5.95. The smallest absolute Gasteiger partial charge is 0.122 e. The first kappa shape index (κ1) is 13.1. The van der Waals surface area contributed by atoms with Crippen LogP contribution >= 0.6 is 0 Å². The molecule has 0 unspecified atom stereocenters. The highest BCUT2D eigenvalue weighted by Gasteiger charge is 2.03. The second-order valence-electron chi connectivity index (χ2n) is 4.40. The molecule has 4 nitrogen and oxygen atoms in total. The zero-order valence-electron chi connectivity index (χ0n) is 10.6. The van der Waals surface area contributed by atoms with E-state index in [0.717, 1.165) is 11.1 Å². The van der Waals surface area contributed by atoms with Crippen LogP contribution in [-0.2, 0) is 12.8 Å². The fourth-order valence-corrected chi connectivity index (χ4v) is 2.00. The Labute approximate surface area is 111 Å². The normalized spacial score (nSPS) is 10.4. The van der Waals surface area contributed by atoms with Crippen molar-refractivity contribution in [3.63, 3.8) is 0 Å². The summed E-state index contributed by atoms with van der Waals surface area (Å²) in [7, 11) is 1.55. The summed E-state index contributed by atoms with van der Waals surface area (Å²) >= 11 is 0. The highest BCUT2D eigenvalue weighted by atomic mass is 16.5. The Hall–Kier alpha value is -2.36. The molecule has 0 heterocycles. The van der Waals surface area contributed by atoms with Crippen molar-refractivity contribution in [2.24, 2.45) is 0 Å². The maximum absolute atomic E-state index is 9.55. The highest BCUT2D eigenvalue weighted by Crippen LogP contribution is 2.24. The molecule has 0 amide bonds. The van der Waals surface area contributed by atoms with Crippen LogP contribution in [0.1, 0.15) is 11.1 Å². The third-order valence-corrected chi connectivity index (χ3v) is 2.85. The maximum Gasteiger partial charge on any atom is 0.122 e. The van der Waals surface area contributed by atoms with Gasteiger partial charge in [0.05, 0.1) is 7.11 Å². The molecule has 0 atom stereocenters. The molecule has 0 aliphatic carbocycles. The second-order valence-corrected chi connectivity index (χ2v) is 4.40. The van der Waals surface area contributed by atoms with Gasteiger partial charge in [-0.25, -0.2) is 0 Å². The number of phenolic OH excluding ortho intramolecular Hbond substituents is 3. The minimum Gasteiger partial charge on any atom is -0.508 e. The first-order chi connectivity index (χ1) is 9.06. The highest BCUT2D eigenvalue weighted by molar-refractivity contribution is 5.39. The Morgan fingerprint density at radius 3 is 1.74 bits per heavy atom. The van der Waals surface area contributed by atoms with E-state index in [0.29, 0.717) is 18.6 Å². The lowest BCUT2D eigenvalue weighted by Gasteiger charge is -2.07. The summed E-state index contributed by atoms with van der Waals surface area (Å²) in [6.07, 6.45) is 1.32. The fraction of sp³-hybridized carbons (Fsp3) is 0.200. The quantitative estimate of drug-likeness (QED) is 0.790. The number of hydrogen-bond acceptors (Lipinski definition) is 4. The molecule has 4 heteroatoms. The summed E-state index contributed by atoms with van der Waals surface area (Å²) in [6.45, 7) is 0. The Bertz CT molecular complexity index is 558. The van der Waals surface area contributed by atoms with Crippen molar-refractivity contribution in [3.05, 3.63) is 47.5 Å². The summed E-state index contributed by atoms with van der Waals surface area (Å²) in [4.78, 5) is 0.